The predicted molar refractivity (Wildman–Crippen MR) is 98.6 cm³/mol. The van der Waals surface area contributed by atoms with Crippen LogP contribution in [0.1, 0.15) is 11.1 Å². The lowest BCUT2D eigenvalue weighted by molar-refractivity contribution is 0.166. The molecule has 0 fully saturated rings. The van der Waals surface area contributed by atoms with Gasteiger partial charge in [0.15, 0.2) is 0 Å². The van der Waals surface area contributed by atoms with Gasteiger partial charge in [-0.3, -0.25) is 4.84 Å². The Labute approximate surface area is 158 Å². The fourth-order valence-electron chi connectivity index (χ4n) is 2.05. The van der Waals surface area contributed by atoms with Crippen LogP contribution in [0.5, 0.6) is 0 Å². The lowest BCUT2D eigenvalue weighted by Gasteiger charge is -2.00. The average Bonchev–Trinajstić information content (AvgIpc) is 3.06. The van der Waals surface area contributed by atoms with Gasteiger partial charge in [-0.2, -0.15) is 4.98 Å². The molecule has 0 aliphatic rings. The van der Waals surface area contributed by atoms with E-state index in [-0.39, 0.29) is 6.01 Å². The third-order valence-corrected chi connectivity index (χ3v) is 3.89. The molecular weight excluding hydrogens is 379 g/mol. The SMILES string of the molecule is Cc1cccc(-c2noc(NC(=O)ON=Cc3c(Cl)cccc3Cl)n2)c1. The lowest BCUT2D eigenvalue weighted by Crippen LogP contribution is -2.11. The largest absolute Gasteiger partial charge is 0.441 e. The summed E-state index contributed by atoms with van der Waals surface area (Å²) >= 11 is 12.0. The van der Waals surface area contributed by atoms with Gasteiger partial charge in [0.05, 0.1) is 16.3 Å². The molecule has 0 saturated heterocycles. The number of carbonyl (C=O) groups excluding carboxylic acids is 1. The smallest absolute Gasteiger partial charge is 0.315 e. The summed E-state index contributed by atoms with van der Waals surface area (Å²) in [5, 5.41) is 10.4. The molecular formula is C17H12Cl2N4O3. The zero-order chi connectivity index (χ0) is 18.5. The molecule has 26 heavy (non-hydrogen) atoms. The number of amides is 1. The number of benzene rings is 2. The summed E-state index contributed by atoms with van der Waals surface area (Å²) in [6.07, 6.45) is 0.333. The molecule has 0 aliphatic heterocycles. The topological polar surface area (TPSA) is 89.6 Å². The van der Waals surface area contributed by atoms with E-state index < -0.39 is 6.09 Å². The van der Waals surface area contributed by atoms with Gasteiger partial charge in [0.2, 0.25) is 5.82 Å². The van der Waals surface area contributed by atoms with Crippen LogP contribution in [0.15, 0.2) is 52.1 Å². The van der Waals surface area contributed by atoms with E-state index >= 15 is 0 Å². The van der Waals surface area contributed by atoms with Crippen LogP contribution in [0.2, 0.25) is 10.0 Å². The molecule has 1 heterocycles. The molecule has 132 valence electrons. The molecule has 1 aromatic heterocycles. The Bertz CT molecular complexity index is 952. The molecule has 0 radical (unpaired) electrons. The fraction of sp³-hybridized carbons (Fsp3) is 0.0588. The van der Waals surface area contributed by atoms with E-state index in [1.165, 1.54) is 6.21 Å². The van der Waals surface area contributed by atoms with Gasteiger partial charge in [-0.25, -0.2) is 10.1 Å². The standard InChI is InChI=1S/C17H12Cl2N4O3/c1-10-4-2-5-11(8-10)15-21-16(25-23-15)22-17(24)26-20-9-12-13(18)6-3-7-14(12)19/h2-9H,1H3,(H,21,22,23,24). The van der Waals surface area contributed by atoms with Crippen LogP contribution < -0.4 is 5.32 Å². The Hall–Kier alpha value is -2.90. The normalized spacial score (nSPS) is 10.9. The molecule has 0 saturated carbocycles. The van der Waals surface area contributed by atoms with Crippen molar-refractivity contribution in [3.05, 3.63) is 63.6 Å². The van der Waals surface area contributed by atoms with Gasteiger partial charge in [0.25, 0.3) is 0 Å². The Balaban J connectivity index is 1.61. The minimum Gasteiger partial charge on any atom is -0.315 e. The van der Waals surface area contributed by atoms with Gasteiger partial charge in [-0.1, -0.05) is 63.3 Å². The van der Waals surface area contributed by atoms with E-state index in [0.717, 1.165) is 11.1 Å². The van der Waals surface area contributed by atoms with Crippen LogP contribution in [0.25, 0.3) is 11.4 Å². The number of aromatic nitrogens is 2. The first-order valence-electron chi connectivity index (χ1n) is 7.39. The van der Waals surface area contributed by atoms with Crippen LogP contribution in [0, 0.1) is 6.92 Å². The number of nitrogens with zero attached hydrogens (tertiary/aromatic N) is 3. The Morgan fingerprint density at radius 1 is 1.23 bits per heavy atom. The molecule has 1 amide bonds. The zero-order valence-electron chi connectivity index (χ0n) is 13.4. The highest BCUT2D eigenvalue weighted by Gasteiger charge is 2.12. The van der Waals surface area contributed by atoms with Crippen molar-refractivity contribution in [2.45, 2.75) is 6.92 Å². The molecule has 3 aromatic rings. The number of aryl methyl sites for hydroxylation is 1. The van der Waals surface area contributed by atoms with Gasteiger partial charge in [0.1, 0.15) is 0 Å². The second kappa shape index (κ2) is 7.99. The maximum absolute atomic E-state index is 11.7. The van der Waals surface area contributed by atoms with E-state index in [1.54, 1.807) is 18.2 Å². The summed E-state index contributed by atoms with van der Waals surface area (Å²) in [4.78, 5) is 20.5. The molecule has 7 nitrogen and oxygen atoms in total. The molecule has 0 aliphatic carbocycles. The Morgan fingerprint density at radius 2 is 1.96 bits per heavy atom. The first-order valence-corrected chi connectivity index (χ1v) is 8.14. The highest BCUT2D eigenvalue weighted by molar-refractivity contribution is 6.38. The lowest BCUT2D eigenvalue weighted by atomic mass is 10.1. The highest BCUT2D eigenvalue weighted by atomic mass is 35.5. The molecule has 3 rings (SSSR count). The molecule has 0 atom stereocenters. The van der Waals surface area contributed by atoms with E-state index in [4.69, 9.17) is 27.7 Å². The van der Waals surface area contributed by atoms with Gasteiger partial charge in [0, 0.05) is 11.1 Å². The summed E-state index contributed by atoms with van der Waals surface area (Å²) < 4.78 is 4.97. The number of oxime groups is 1. The summed E-state index contributed by atoms with van der Waals surface area (Å²) in [7, 11) is 0. The maximum atomic E-state index is 11.7. The van der Waals surface area contributed by atoms with Gasteiger partial charge in [-0.05, 0) is 25.1 Å². The predicted octanol–water partition coefficient (Wildman–Crippen LogP) is 4.93. The van der Waals surface area contributed by atoms with Gasteiger partial charge >= 0.3 is 12.1 Å². The summed E-state index contributed by atoms with van der Waals surface area (Å²) in [5.41, 5.74) is 2.25. The van der Waals surface area contributed by atoms with Crippen molar-refractivity contribution in [3.8, 4) is 11.4 Å². The Morgan fingerprint density at radius 3 is 2.69 bits per heavy atom. The van der Waals surface area contributed by atoms with Crippen molar-refractivity contribution >= 4 is 41.5 Å². The third kappa shape index (κ3) is 4.38. The number of hydrogen-bond donors (Lipinski definition) is 1. The van der Waals surface area contributed by atoms with Crippen LogP contribution in [-0.4, -0.2) is 22.4 Å². The first-order chi connectivity index (χ1) is 12.5. The molecule has 0 spiro atoms. The first kappa shape index (κ1) is 17.9. The molecule has 2 aromatic carbocycles. The van der Waals surface area contributed by atoms with Crippen LogP contribution >= 0.6 is 23.2 Å². The quantitative estimate of drug-likeness (QED) is 0.387. The maximum Gasteiger partial charge on any atom is 0.441 e. The highest BCUT2D eigenvalue weighted by Crippen LogP contribution is 2.22. The number of anilines is 1. The van der Waals surface area contributed by atoms with Gasteiger partial charge in [-0.15, -0.1) is 0 Å². The number of halogens is 2. The van der Waals surface area contributed by atoms with E-state index in [0.29, 0.717) is 21.4 Å². The van der Waals surface area contributed by atoms with Crippen LogP contribution in [0.3, 0.4) is 0 Å². The number of nitrogens with one attached hydrogen (secondary N) is 1. The van der Waals surface area contributed by atoms with Crippen molar-refractivity contribution < 1.29 is 14.2 Å². The van der Waals surface area contributed by atoms with Crippen molar-refractivity contribution in [3.63, 3.8) is 0 Å². The van der Waals surface area contributed by atoms with Crippen LogP contribution in [-0.2, 0) is 4.84 Å². The third-order valence-electron chi connectivity index (χ3n) is 3.23. The fourth-order valence-corrected chi connectivity index (χ4v) is 2.54. The number of carbonyl (C=O) groups is 1. The summed E-state index contributed by atoms with van der Waals surface area (Å²) in [5.74, 6) is 0.343. The minimum atomic E-state index is -0.899. The van der Waals surface area contributed by atoms with E-state index in [2.05, 4.69) is 25.5 Å². The summed E-state index contributed by atoms with van der Waals surface area (Å²) in [6, 6.07) is 12.4. The second-order valence-electron chi connectivity index (χ2n) is 5.17. The Kier molecular flexibility index (Phi) is 5.50. The minimum absolute atomic E-state index is 0.113. The van der Waals surface area contributed by atoms with Crippen LogP contribution in [0.4, 0.5) is 10.8 Å². The van der Waals surface area contributed by atoms with Gasteiger partial charge < -0.3 is 4.52 Å². The molecule has 0 bridgehead atoms. The number of hydrogen-bond acceptors (Lipinski definition) is 6. The van der Waals surface area contributed by atoms with E-state index in [1.807, 2.05) is 31.2 Å². The van der Waals surface area contributed by atoms with Crippen molar-refractivity contribution in [1.82, 2.24) is 10.1 Å². The average molecular weight is 391 g/mol. The molecule has 0 unspecified atom stereocenters. The second-order valence-corrected chi connectivity index (χ2v) is 5.98. The molecule has 9 heteroatoms. The summed E-state index contributed by atoms with van der Waals surface area (Å²) in [6.45, 7) is 1.95. The number of rotatable bonds is 4. The van der Waals surface area contributed by atoms with Crippen molar-refractivity contribution in [2.24, 2.45) is 5.16 Å². The van der Waals surface area contributed by atoms with Crippen molar-refractivity contribution in [2.75, 3.05) is 5.32 Å². The van der Waals surface area contributed by atoms with Crippen molar-refractivity contribution in [1.29, 1.82) is 0 Å². The monoisotopic (exact) mass is 390 g/mol. The van der Waals surface area contributed by atoms with E-state index in [9.17, 15) is 4.79 Å². The zero-order valence-corrected chi connectivity index (χ0v) is 15.0. The molecule has 1 N–H and O–H groups in total.